The summed E-state index contributed by atoms with van der Waals surface area (Å²) in [5, 5.41) is 2.67. The highest BCUT2D eigenvalue weighted by molar-refractivity contribution is 6.03. The summed E-state index contributed by atoms with van der Waals surface area (Å²) in [5.74, 6) is 0.404. The number of hydrogen-bond acceptors (Lipinski definition) is 5. The van der Waals surface area contributed by atoms with Crippen molar-refractivity contribution in [3.8, 4) is 11.5 Å². The summed E-state index contributed by atoms with van der Waals surface area (Å²) in [6.07, 6.45) is 2.34. The highest BCUT2D eigenvalue weighted by atomic mass is 16.5. The number of ether oxygens (including phenoxy) is 2. The SMILES string of the molecule is CCCOc1ccc(OC(=O)c2cccc(NC(=O)c3ccco3)c2)cc1. The summed E-state index contributed by atoms with van der Waals surface area (Å²) >= 11 is 0. The van der Waals surface area contributed by atoms with E-state index < -0.39 is 11.9 Å². The van der Waals surface area contributed by atoms with Crippen LogP contribution in [0.25, 0.3) is 0 Å². The predicted octanol–water partition coefficient (Wildman–Crippen LogP) is 4.54. The second kappa shape index (κ2) is 8.71. The van der Waals surface area contributed by atoms with Crippen LogP contribution >= 0.6 is 0 Å². The molecule has 6 nitrogen and oxygen atoms in total. The van der Waals surface area contributed by atoms with E-state index in [1.165, 1.54) is 6.26 Å². The topological polar surface area (TPSA) is 77.8 Å². The first-order valence-electron chi connectivity index (χ1n) is 8.55. The highest BCUT2D eigenvalue weighted by Crippen LogP contribution is 2.20. The number of rotatable bonds is 7. The maximum atomic E-state index is 12.4. The van der Waals surface area contributed by atoms with Gasteiger partial charge in [-0.3, -0.25) is 4.79 Å². The van der Waals surface area contributed by atoms with Crippen LogP contribution < -0.4 is 14.8 Å². The van der Waals surface area contributed by atoms with Gasteiger partial charge < -0.3 is 19.2 Å². The Hall–Kier alpha value is -3.54. The van der Waals surface area contributed by atoms with Gasteiger partial charge in [-0.2, -0.15) is 0 Å². The maximum Gasteiger partial charge on any atom is 0.343 e. The Morgan fingerprint density at radius 2 is 1.78 bits per heavy atom. The summed E-state index contributed by atoms with van der Waals surface area (Å²) in [6, 6.07) is 16.5. The third-order valence-corrected chi connectivity index (χ3v) is 3.61. The number of hydrogen-bond donors (Lipinski definition) is 1. The molecule has 1 heterocycles. The van der Waals surface area contributed by atoms with Gasteiger partial charge in [0.25, 0.3) is 5.91 Å². The number of furan rings is 1. The number of benzene rings is 2. The Morgan fingerprint density at radius 1 is 1.00 bits per heavy atom. The van der Waals surface area contributed by atoms with E-state index in [2.05, 4.69) is 5.32 Å². The van der Waals surface area contributed by atoms with Crippen molar-refractivity contribution in [1.29, 1.82) is 0 Å². The lowest BCUT2D eigenvalue weighted by atomic mass is 10.2. The molecule has 0 aliphatic heterocycles. The Balaban J connectivity index is 1.64. The van der Waals surface area contributed by atoms with Gasteiger partial charge >= 0.3 is 5.97 Å². The van der Waals surface area contributed by atoms with E-state index >= 15 is 0 Å². The van der Waals surface area contributed by atoms with Gasteiger partial charge in [0.15, 0.2) is 5.76 Å². The van der Waals surface area contributed by atoms with Crippen LogP contribution in [-0.4, -0.2) is 18.5 Å². The molecule has 0 fully saturated rings. The monoisotopic (exact) mass is 365 g/mol. The van der Waals surface area contributed by atoms with Crippen molar-refractivity contribution in [2.24, 2.45) is 0 Å². The lowest BCUT2D eigenvalue weighted by molar-refractivity contribution is 0.0734. The molecule has 2 aromatic carbocycles. The van der Waals surface area contributed by atoms with Gasteiger partial charge in [-0.05, 0) is 61.0 Å². The van der Waals surface area contributed by atoms with Gasteiger partial charge in [0.1, 0.15) is 11.5 Å². The maximum absolute atomic E-state index is 12.4. The minimum Gasteiger partial charge on any atom is -0.494 e. The number of carbonyl (C=O) groups excluding carboxylic acids is 2. The Morgan fingerprint density at radius 3 is 2.48 bits per heavy atom. The van der Waals surface area contributed by atoms with Crippen LogP contribution in [0.1, 0.15) is 34.3 Å². The molecule has 3 rings (SSSR count). The average Bonchev–Trinajstić information content (AvgIpc) is 3.23. The minimum absolute atomic E-state index is 0.188. The molecule has 0 aliphatic rings. The van der Waals surface area contributed by atoms with E-state index in [1.54, 1.807) is 60.7 Å². The molecule has 0 spiro atoms. The van der Waals surface area contributed by atoms with Crippen LogP contribution in [0.3, 0.4) is 0 Å². The fourth-order valence-electron chi connectivity index (χ4n) is 2.31. The average molecular weight is 365 g/mol. The zero-order chi connectivity index (χ0) is 19.1. The van der Waals surface area contributed by atoms with E-state index in [0.717, 1.165) is 12.2 Å². The third-order valence-electron chi connectivity index (χ3n) is 3.61. The summed E-state index contributed by atoms with van der Waals surface area (Å²) in [4.78, 5) is 24.4. The summed E-state index contributed by atoms with van der Waals surface area (Å²) < 4.78 is 15.9. The Labute approximate surface area is 156 Å². The minimum atomic E-state index is -0.522. The molecule has 6 heteroatoms. The molecule has 0 saturated heterocycles. The molecule has 138 valence electrons. The first-order valence-corrected chi connectivity index (χ1v) is 8.55. The quantitative estimate of drug-likeness (QED) is 0.491. The van der Waals surface area contributed by atoms with Gasteiger partial charge in [-0.1, -0.05) is 13.0 Å². The first kappa shape index (κ1) is 18.3. The number of carbonyl (C=O) groups is 2. The molecule has 0 bridgehead atoms. The van der Waals surface area contributed by atoms with Crippen LogP contribution in [0.4, 0.5) is 5.69 Å². The smallest absolute Gasteiger partial charge is 0.343 e. The van der Waals surface area contributed by atoms with Crippen molar-refractivity contribution in [2.75, 3.05) is 11.9 Å². The fourth-order valence-corrected chi connectivity index (χ4v) is 2.31. The molecule has 0 atom stereocenters. The van der Waals surface area contributed by atoms with Gasteiger partial charge in [0, 0.05) is 5.69 Å². The zero-order valence-corrected chi connectivity index (χ0v) is 14.8. The van der Waals surface area contributed by atoms with E-state index in [4.69, 9.17) is 13.9 Å². The molecule has 1 N–H and O–H groups in total. The highest BCUT2D eigenvalue weighted by Gasteiger charge is 2.12. The van der Waals surface area contributed by atoms with Crippen LogP contribution in [-0.2, 0) is 0 Å². The summed E-state index contributed by atoms with van der Waals surface area (Å²) in [6.45, 7) is 2.66. The summed E-state index contributed by atoms with van der Waals surface area (Å²) in [7, 11) is 0. The number of nitrogens with one attached hydrogen (secondary N) is 1. The van der Waals surface area contributed by atoms with Gasteiger partial charge in [0.2, 0.25) is 0 Å². The Bertz CT molecular complexity index is 901. The predicted molar refractivity (Wildman–Crippen MR) is 100 cm³/mol. The van der Waals surface area contributed by atoms with Crippen molar-refractivity contribution in [1.82, 2.24) is 0 Å². The van der Waals surface area contributed by atoms with E-state index in [9.17, 15) is 9.59 Å². The van der Waals surface area contributed by atoms with Gasteiger partial charge in [0.05, 0.1) is 18.4 Å². The first-order chi connectivity index (χ1) is 13.2. The van der Waals surface area contributed by atoms with E-state index in [1.807, 2.05) is 6.92 Å². The molecular weight excluding hydrogens is 346 g/mol. The van der Waals surface area contributed by atoms with E-state index in [-0.39, 0.29) is 5.76 Å². The fraction of sp³-hybridized carbons (Fsp3) is 0.143. The van der Waals surface area contributed by atoms with Crippen molar-refractivity contribution in [3.63, 3.8) is 0 Å². The normalized spacial score (nSPS) is 10.3. The van der Waals surface area contributed by atoms with Gasteiger partial charge in [-0.25, -0.2) is 4.79 Å². The molecule has 27 heavy (non-hydrogen) atoms. The standard InChI is InChI=1S/C21H19NO5/c1-2-12-25-17-8-10-18(11-9-17)27-21(24)15-5-3-6-16(14-15)22-20(23)19-7-4-13-26-19/h3-11,13-14H,2,12H2,1H3,(H,22,23). The second-order valence-corrected chi connectivity index (χ2v) is 5.72. The molecule has 0 radical (unpaired) electrons. The Kier molecular flexibility index (Phi) is 5.89. The molecule has 1 aromatic heterocycles. The zero-order valence-electron chi connectivity index (χ0n) is 14.8. The number of esters is 1. The van der Waals surface area contributed by atoms with Gasteiger partial charge in [-0.15, -0.1) is 0 Å². The van der Waals surface area contributed by atoms with Crippen molar-refractivity contribution < 1.29 is 23.5 Å². The second-order valence-electron chi connectivity index (χ2n) is 5.72. The molecular formula is C21H19NO5. The molecule has 3 aromatic rings. The third kappa shape index (κ3) is 4.98. The van der Waals surface area contributed by atoms with Crippen LogP contribution in [0.15, 0.2) is 71.3 Å². The van der Waals surface area contributed by atoms with E-state index in [0.29, 0.717) is 23.6 Å². The van der Waals surface area contributed by atoms with Crippen LogP contribution in [0, 0.1) is 0 Å². The van der Waals surface area contributed by atoms with Crippen LogP contribution in [0.2, 0.25) is 0 Å². The molecule has 1 amide bonds. The van der Waals surface area contributed by atoms with Crippen molar-refractivity contribution in [3.05, 3.63) is 78.3 Å². The van der Waals surface area contributed by atoms with Crippen molar-refractivity contribution in [2.45, 2.75) is 13.3 Å². The summed E-state index contributed by atoms with van der Waals surface area (Å²) in [5.41, 5.74) is 0.785. The lowest BCUT2D eigenvalue weighted by Crippen LogP contribution is -2.13. The molecule has 0 saturated carbocycles. The number of anilines is 1. The van der Waals surface area contributed by atoms with Crippen LogP contribution in [0.5, 0.6) is 11.5 Å². The lowest BCUT2D eigenvalue weighted by Gasteiger charge is -2.08. The number of amides is 1. The largest absolute Gasteiger partial charge is 0.494 e. The molecule has 0 aliphatic carbocycles. The van der Waals surface area contributed by atoms with Crippen molar-refractivity contribution >= 4 is 17.6 Å². The molecule has 0 unspecified atom stereocenters.